The maximum Gasteiger partial charge on any atom is 0.309 e. The van der Waals surface area contributed by atoms with Crippen molar-refractivity contribution in [2.45, 2.75) is 19.9 Å². The second kappa shape index (κ2) is 3.44. The first-order valence-corrected chi connectivity index (χ1v) is 3.84. The van der Waals surface area contributed by atoms with Gasteiger partial charge in [-0.05, 0) is 13.8 Å². The van der Waals surface area contributed by atoms with Gasteiger partial charge in [0, 0.05) is 0 Å². The van der Waals surface area contributed by atoms with Crippen molar-refractivity contribution >= 4 is 11.7 Å². The summed E-state index contributed by atoms with van der Waals surface area (Å²) < 4.78 is 1.05. The highest BCUT2D eigenvalue weighted by molar-refractivity contribution is 5.69. The van der Waals surface area contributed by atoms with Crippen LogP contribution in [0.25, 0.3) is 0 Å². The van der Waals surface area contributed by atoms with E-state index in [1.54, 1.807) is 0 Å². The number of nitrogens with zero attached hydrogens (tertiary/aromatic N) is 3. The zero-order chi connectivity index (χ0) is 10.9. The van der Waals surface area contributed by atoms with Crippen molar-refractivity contribution in [2.75, 3.05) is 0 Å². The number of rotatable bonds is 3. The molecule has 0 N–H and O–H groups in total. The minimum Gasteiger partial charge on any atom is -0.548 e. The quantitative estimate of drug-likeness (QED) is 0.477. The molecule has 0 radical (unpaired) electrons. The molecule has 1 rings (SSSR count). The van der Waals surface area contributed by atoms with Crippen LogP contribution in [0.4, 0.5) is 5.69 Å². The monoisotopic (exact) mass is 198 g/mol. The van der Waals surface area contributed by atoms with Crippen molar-refractivity contribution in [3.05, 3.63) is 22.0 Å². The Morgan fingerprint density at radius 1 is 1.71 bits per heavy atom. The fourth-order valence-corrected chi connectivity index (χ4v) is 1.08. The molecule has 7 nitrogen and oxygen atoms in total. The van der Waals surface area contributed by atoms with Gasteiger partial charge in [0.1, 0.15) is 11.9 Å². The summed E-state index contributed by atoms with van der Waals surface area (Å²) in [5, 5.41) is 24.5. The average molecular weight is 198 g/mol. The number of nitro groups is 1. The third-order valence-electron chi connectivity index (χ3n) is 1.92. The Kier molecular flexibility index (Phi) is 2.50. The van der Waals surface area contributed by atoms with Crippen LogP contribution in [0.15, 0.2) is 6.20 Å². The molecule has 0 aliphatic heterocycles. The summed E-state index contributed by atoms with van der Waals surface area (Å²) in [6.45, 7) is 2.78. The summed E-state index contributed by atoms with van der Waals surface area (Å²) in [5.74, 6) is -1.33. The maximum absolute atomic E-state index is 10.5. The molecule has 1 atom stereocenters. The van der Waals surface area contributed by atoms with E-state index in [1.165, 1.54) is 13.8 Å². The van der Waals surface area contributed by atoms with E-state index in [-0.39, 0.29) is 11.4 Å². The Bertz CT molecular complexity index is 384. The highest BCUT2D eigenvalue weighted by Gasteiger charge is 2.19. The van der Waals surface area contributed by atoms with Gasteiger partial charge in [-0.2, -0.15) is 5.10 Å². The van der Waals surface area contributed by atoms with Gasteiger partial charge in [0.15, 0.2) is 0 Å². The molecule has 7 heteroatoms. The van der Waals surface area contributed by atoms with Gasteiger partial charge >= 0.3 is 5.69 Å². The standard InChI is InChI=1S/C7H9N3O4/c1-4-6(10(13)14)3-8-9(4)5(2)7(11)12/h3,5H,1-2H3,(H,11,12)/p-1/t5-/m0/s1. The predicted octanol–water partition coefficient (Wildman–Crippen LogP) is -0.589. The summed E-state index contributed by atoms with van der Waals surface area (Å²) in [6.07, 6.45) is 1.02. The first-order chi connectivity index (χ1) is 6.45. The fraction of sp³-hybridized carbons (Fsp3) is 0.429. The second-order valence-electron chi connectivity index (χ2n) is 2.81. The zero-order valence-electron chi connectivity index (χ0n) is 7.63. The molecular weight excluding hydrogens is 190 g/mol. The van der Waals surface area contributed by atoms with Gasteiger partial charge in [-0.1, -0.05) is 0 Å². The van der Waals surface area contributed by atoms with Crippen LogP contribution in [-0.2, 0) is 4.79 Å². The normalized spacial score (nSPS) is 12.4. The van der Waals surface area contributed by atoms with E-state index in [0.29, 0.717) is 0 Å². The summed E-state index contributed by atoms with van der Waals surface area (Å²) in [7, 11) is 0. The van der Waals surface area contributed by atoms with Gasteiger partial charge in [0.05, 0.1) is 16.9 Å². The average Bonchev–Trinajstić information content (AvgIpc) is 2.45. The van der Waals surface area contributed by atoms with Gasteiger partial charge in [0.25, 0.3) is 0 Å². The van der Waals surface area contributed by atoms with Crippen LogP contribution in [0.1, 0.15) is 18.7 Å². The van der Waals surface area contributed by atoms with Gasteiger partial charge in [-0.15, -0.1) is 0 Å². The first-order valence-electron chi connectivity index (χ1n) is 3.84. The molecule has 0 saturated heterocycles. The van der Waals surface area contributed by atoms with E-state index in [1.807, 2.05) is 0 Å². The van der Waals surface area contributed by atoms with Crippen LogP contribution in [0, 0.1) is 17.0 Å². The third kappa shape index (κ3) is 1.56. The minimum atomic E-state index is -1.33. The van der Waals surface area contributed by atoms with Crippen molar-refractivity contribution in [1.29, 1.82) is 0 Å². The van der Waals surface area contributed by atoms with Crippen LogP contribution in [0.5, 0.6) is 0 Å². The van der Waals surface area contributed by atoms with Crippen LogP contribution < -0.4 is 5.11 Å². The molecule has 1 heterocycles. The Morgan fingerprint density at radius 2 is 2.29 bits per heavy atom. The summed E-state index contributed by atoms with van der Waals surface area (Å²) in [6, 6.07) is -1.01. The number of hydrogen-bond donors (Lipinski definition) is 0. The maximum atomic E-state index is 10.5. The molecule has 0 unspecified atom stereocenters. The van der Waals surface area contributed by atoms with E-state index < -0.39 is 16.9 Å². The number of carbonyl (C=O) groups excluding carboxylic acids is 1. The Hall–Kier alpha value is -1.92. The number of hydrogen-bond acceptors (Lipinski definition) is 5. The van der Waals surface area contributed by atoms with Crippen molar-refractivity contribution in [3.8, 4) is 0 Å². The summed E-state index contributed by atoms with van der Waals surface area (Å²) in [5.41, 5.74) is 0.00444. The van der Waals surface area contributed by atoms with Gasteiger partial charge in [0.2, 0.25) is 0 Å². The molecule has 0 spiro atoms. The lowest BCUT2D eigenvalue weighted by Crippen LogP contribution is -2.32. The lowest BCUT2D eigenvalue weighted by molar-refractivity contribution is -0.385. The molecule has 0 aliphatic rings. The molecule has 0 fully saturated rings. The Balaban J connectivity index is 3.13. The van der Waals surface area contributed by atoms with E-state index in [9.17, 15) is 20.0 Å². The van der Waals surface area contributed by atoms with E-state index in [0.717, 1.165) is 10.9 Å². The fourth-order valence-electron chi connectivity index (χ4n) is 1.08. The topological polar surface area (TPSA) is 101 Å². The van der Waals surface area contributed by atoms with Crippen LogP contribution in [0.3, 0.4) is 0 Å². The highest BCUT2D eigenvalue weighted by atomic mass is 16.6. The first kappa shape index (κ1) is 10.2. The molecule has 76 valence electrons. The third-order valence-corrected chi connectivity index (χ3v) is 1.92. The van der Waals surface area contributed by atoms with Crippen LogP contribution >= 0.6 is 0 Å². The number of aliphatic carboxylic acids is 1. The number of carboxylic acids is 1. The Labute approximate surface area is 79.1 Å². The van der Waals surface area contributed by atoms with Crippen molar-refractivity contribution < 1.29 is 14.8 Å². The largest absolute Gasteiger partial charge is 0.548 e. The molecule has 0 aliphatic carbocycles. The van der Waals surface area contributed by atoms with Gasteiger partial charge in [-0.3, -0.25) is 14.8 Å². The van der Waals surface area contributed by atoms with E-state index in [4.69, 9.17) is 0 Å². The van der Waals surface area contributed by atoms with Crippen molar-refractivity contribution in [1.82, 2.24) is 9.78 Å². The molecule has 0 bridgehead atoms. The summed E-state index contributed by atoms with van der Waals surface area (Å²) >= 11 is 0. The predicted molar refractivity (Wildman–Crippen MR) is 43.3 cm³/mol. The lowest BCUT2D eigenvalue weighted by atomic mass is 10.3. The molecule has 14 heavy (non-hydrogen) atoms. The zero-order valence-corrected chi connectivity index (χ0v) is 7.63. The number of carbonyl (C=O) groups is 1. The lowest BCUT2D eigenvalue weighted by Gasteiger charge is -2.13. The van der Waals surface area contributed by atoms with Gasteiger partial charge in [-0.25, -0.2) is 0 Å². The SMILES string of the molecule is Cc1c([N+](=O)[O-])cnn1[C@@H](C)C(=O)[O-]. The molecule has 1 aromatic heterocycles. The van der Waals surface area contributed by atoms with E-state index in [2.05, 4.69) is 5.10 Å². The van der Waals surface area contributed by atoms with Gasteiger partial charge < -0.3 is 9.90 Å². The van der Waals surface area contributed by atoms with Crippen molar-refractivity contribution in [3.63, 3.8) is 0 Å². The molecule has 0 amide bonds. The second-order valence-corrected chi connectivity index (χ2v) is 2.81. The summed E-state index contributed by atoms with van der Waals surface area (Å²) in [4.78, 5) is 20.3. The van der Waals surface area contributed by atoms with Crippen LogP contribution in [-0.4, -0.2) is 20.7 Å². The highest BCUT2D eigenvalue weighted by Crippen LogP contribution is 2.19. The van der Waals surface area contributed by atoms with E-state index >= 15 is 0 Å². The smallest absolute Gasteiger partial charge is 0.309 e. The van der Waals surface area contributed by atoms with Crippen LogP contribution in [0.2, 0.25) is 0 Å². The van der Waals surface area contributed by atoms with Crippen molar-refractivity contribution in [2.24, 2.45) is 0 Å². The molecule has 1 aromatic rings. The molecular formula is C7H8N3O4-. The molecule has 0 saturated carbocycles. The number of carboxylic acid groups (broad SMARTS) is 1. The number of aromatic nitrogens is 2. The minimum absolute atomic E-state index is 0.196. The molecule has 0 aromatic carbocycles. The Morgan fingerprint density at radius 3 is 2.64 bits per heavy atom.